The average molecular weight is 454 g/mol. The summed E-state index contributed by atoms with van der Waals surface area (Å²) in [5.41, 5.74) is 1.26. The van der Waals surface area contributed by atoms with Crippen molar-refractivity contribution >= 4 is 5.97 Å². The van der Waals surface area contributed by atoms with Crippen molar-refractivity contribution in [2.24, 2.45) is 11.3 Å². The van der Waals surface area contributed by atoms with Gasteiger partial charge in [0.05, 0.1) is 7.11 Å². The minimum atomic E-state index is -0.729. The lowest BCUT2D eigenvalue weighted by Gasteiger charge is -2.75. The largest absolute Gasteiger partial charge is 0.493 e. The number of fused-ring (bicyclic) bond motifs is 2. The van der Waals surface area contributed by atoms with Gasteiger partial charge in [-0.1, -0.05) is 6.07 Å². The Hall–Kier alpha value is -1.79. The SMILES string of the molecule is COc1ccc2c3c1O[C@H]1[C@@]4(OC)CC[C@@]5(C[C@]4(C)OC(C)=O)[C@@H](C2)N(CC2CC2)CC[C@]315. The van der Waals surface area contributed by atoms with Crippen molar-refractivity contribution in [3.63, 3.8) is 0 Å². The highest BCUT2D eigenvalue weighted by Crippen LogP contribution is 2.77. The molecule has 0 N–H and O–H groups in total. The first-order chi connectivity index (χ1) is 15.8. The van der Waals surface area contributed by atoms with Gasteiger partial charge < -0.3 is 18.9 Å². The monoisotopic (exact) mass is 453 g/mol. The minimum Gasteiger partial charge on any atom is -0.493 e. The topological polar surface area (TPSA) is 57.2 Å². The second-order valence-corrected chi connectivity index (χ2v) is 11.8. The molecule has 2 spiro atoms. The molecule has 1 saturated heterocycles. The Balaban J connectivity index is 1.49. The van der Waals surface area contributed by atoms with E-state index < -0.39 is 11.2 Å². The zero-order chi connectivity index (χ0) is 22.8. The highest BCUT2D eigenvalue weighted by Gasteiger charge is 2.84. The van der Waals surface area contributed by atoms with Crippen molar-refractivity contribution in [3.05, 3.63) is 23.3 Å². The molecule has 2 aliphatic heterocycles. The van der Waals surface area contributed by atoms with E-state index in [0.29, 0.717) is 6.04 Å². The van der Waals surface area contributed by atoms with E-state index in [1.807, 2.05) is 0 Å². The molecule has 1 aromatic carbocycles. The van der Waals surface area contributed by atoms with E-state index in [2.05, 4.69) is 24.0 Å². The fraction of sp³-hybridized carbons (Fsp3) is 0.741. The van der Waals surface area contributed by atoms with Gasteiger partial charge >= 0.3 is 5.97 Å². The van der Waals surface area contributed by atoms with Gasteiger partial charge in [-0.3, -0.25) is 9.69 Å². The van der Waals surface area contributed by atoms with Crippen LogP contribution in [0.15, 0.2) is 12.1 Å². The first-order valence-electron chi connectivity index (χ1n) is 12.7. The van der Waals surface area contributed by atoms with Crippen LogP contribution >= 0.6 is 0 Å². The van der Waals surface area contributed by atoms with Gasteiger partial charge in [-0.2, -0.15) is 0 Å². The number of methoxy groups -OCH3 is 2. The summed E-state index contributed by atoms with van der Waals surface area (Å²) in [4.78, 5) is 15.2. The van der Waals surface area contributed by atoms with Gasteiger partial charge in [-0.05, 0) is 76.0 Å². The predicted molar refractivity (Wildman–Crippen MR) is 122 cm³/mol. The molecule has 5 aliphatic carbocycles. The van der Waals surface area contributed by atoms with Gasteiger partial charge in [-0.15, -0.1) is 0 Å². The highest BCUT2D eigenvalue weighted by molar-refractivity contribution is 5.68. The predicted octanol–water partition coefficient (Wildman–Crippen LogP) is 3.63. The fourth-order valence-electron chi connectivity index (χ4n) is 9.36. The summed E-state index contributed by atoms with van der Waals surface area (Å²) in [7, 11) is 3.51. The summed E-state index contributed by atoms with van der Waals surface area (Å²) >= 11 is 0. The number of ether oxygens (including phenoxy) is 4. The number of benzene rings is 1. The molecule has 0 aromatic heterocycles. The molecular weight excluding hydrogens is 418 g/mol. The van der Waals surface area contributed by atoms with Crippen LogP contribution < -0.4 is 9.47 Å². The van der Waals surface area contributed by atoms with Crippen LogP contribution in [0.5, 0.6) is 11.5 Å². The number of hydrogen-bond donors (Lipinski definition) is 0. The third-order valence-electron chi connectivity index (χ3n) is 10.6. The van der Waals surface area contributed by atoms with Crippen LogP contribution in [0.3, 0.4) is 0 Å². The first-order valence-corrected chi connectivity index (χ1v) is 12.7. The van der Waals surface area contributed by atoms with Gasteiger partial charge in [0.1, 0.15) is 17.3 Å². The van der Waals surface area contributed by atoms with Crippen LogP contribution in [0.4, 0.5) is 0 Å². The first kappa shape index (κ1) is 20.6. The Morgan fingerprint density at radius 1 is 1.21 bits per heavy atom. The summed E-state index contributed by atoms with van der Waals surface area (Å²) in [6.45, 7) is 5.93. The Bertz CT molecular complexity index is 1050. The highest BCUT2D eigenvalue weighted by atomic mass is 16.6. The lowest BCUT2D eigenvalue weighted by Crippen LogP contribution is -2.85. The van der Waals surface area contributed by atoms with E-state index in [-0.39, 0.29) is 22.9 Å². The molecule has 5 fully saturated rings. The molecule has 6 heteroatoms. The Labute approximate surface area is 195 Å². The van der Waals surface area contributed by atoms with Gasteiger partial charge in [0.15, 0.2) is 11.5 Å². The quantitative estimate of drug-likeness (QED) is 0.635. The second-order valence-electron chi connectivity index (χ2n) is 11.8. The van der Waals surface area contributed by atoms with E-state index in [4.69, 9.17) is 18.9 Å². The number of likely N-dealkylation sites (tertiary alicyclic amines) is 1. The Kier molecular flexibility index (Phi) is 3.90. The Morgan fingerprint density at radius 3 is 2.73 bits per heavy atom. The summed E-state index contributed by atoms with van der Waals surface area (Å²) in [6, 6.07) is 4.79. The summed E-state index contributed by atoms with van der Waals surface area (Å²) < 4.78 is 25.4. The zero-order valence-electron chi connectivity index (χ0n) is 20.2. The lowest BCUT2D eigenvalue weighted by molar-refractivity contribution is -0.326. The summed E-state index contributed by atoms with van der Waals surface area (Å²) in [5.74, 6) is 2.33. The molecule has 2 heterocycles. The number of carbonyl (C=O) groups is 1. The number of hydrogen-bond acceptors (Lipinski definition) is 6. The number of carbonyl (C=O) groups excluding carboxylic acids is 1. The Morgan fingerprint density at radius 2 is 2.03 bits per heavy atom. The van der Waals surface area contributed by atoms with Gasteiger partial charge in [0, 0.05) is 43.0 Å². The summed E-state index contributed by atoms with van der Waals surface area (Å²) in [6.07, 6.45) is 7.40. The van der Waals surface area contributed by atoms with E-state index in [0.717, 1.165) is 56.1 Å². The standard InChI is InChI=1S/C27H35NO5/c1-16(29)33-24(2)15-25-9-10-27(24,31-4)23-26(25)11-12-28(14-17-5-6-17)20(25)13-18-7-8-19(30-3)22(32-23)21(18)26/h7-8,17,20,23H,5-6,9-15H2,1-4H3/t20-,23-,24+,25-,26+,27+/m1/s1. The lowest BCUT2D eigenvalue weighted by atomic mass is 9.34. The molecule has 8 rings (SSSR count). The molecule has 178 valence electrons. The molecule has 7 aliphatic rings. The second kappa shape index (κ2) is 6.25. The van der Waals surface area contributed by atoms with Crippen LogP contribution in [0.2, 0.25) is 0 Å². The average Bonchev–Trinajstić information content (AvgIpc) is 3.52. The normalized spacial score (nSPS) is 44.2. The molecule has 6 atom stereocenters. The smallest absolute Gasteiger partial charge is 0.303 e. The van der Waals surface area contributed by atoms with Gasteiger partial charge in [0.2, 0.25) is 0 Å². The molecule has 6 nitrogen and oxygen atoms in total. The van der Waals surface area contributed by atoms with Crippen molar-refractivity contribution < 1.29 is 23.7 Å². The number of nitrogens with zero attached hydrogens (tertiary/aromatic N) is 1. The van der Waals surface area contributed by atoms with Crippen LogP contribution in [0.1, 0.15) is 63.5 Å². The van der Waals surface area contributed by atoms with Crippen molar-refractivity contribution in [1.29, 1.82) is 0 Å². The van der Waals surface area contributed by atoms with Crippen LogP contribution in [0.25, 0.3) is 0 Å². The van der Waals surface area contributed by atoms with E-state index in [1.165, 1.54) is 37.4 Å². The number of rotatable bonds is 5. The maximum Gasteiger partial charge on any atom is 0.303 e. The van der Waals surface area contributed by atoms with Crippen molar-refractivity contribution in [2.75, 3.05) is 27.3 Å². The fourth-order valence-corrected chi connectivity index (χ4v) is 9.36. The minimum absolute atomic E-state index is 0.0000978. The van der Waals surface area contributed by atoms with E-state index in [1.54, 1.807) is 14.2 Å². The third kappa shape index (κ3) is 2.17. The molecule has 1 aromatic rings. The van der Waals surface area contributed by atoms with E-state index >= 15 is 0 Å². The maximum atomic E-state index is 12.4. The van der Waals surface area contributed by atoms with Crippen LogP contribution in [-0.2, 0) is 26.1 Å². The molecular formula is C27H35NO5. The van der Waals surface area contributed by atoms with Crippen molar-refractivity contribution in [2.45, 2.75) is 87.6 Å². The third-order valence-corrected chi connectivity index (χ3v) is 10.6. The van der Waals surface area contributed by atoms with Crippen LogP contribution in [0, 0.1) is 11.3 Å². The number of piperidine rings is 1. The van der Waals surface area contributed by atoms with Crippen molar-refractivity contribution in [3.8, 4) is 11.5 Å². The molecule has 4 bridgehead atoms. The molecule has 0 unspecified atom stereocenters. The van der Waals surface area contributed by atoms with Crippen molar-refractivity contribution in [1.82, 2.24) is 4.90 Å². The van der Waals surface area contributed by atoms with Gasteiger partial charge in [0.25, 0.3) is 0 Å². The number of esters is 1. The van der Waals surface area contributed by atoms with E-state index in [9.17, 15) is 4.79 Å². The summed E-state index contributed by atoms with van der Waals surface area (Å²) in [5, 5.41) is 0. The molecule has 4 saturated carbocycles. The molecule has 0 radical (unpaired) electrons. The van der Waals surface area contributed by atoms with Gasteiger partial charge in [-0.25, -0.2) is 0 Å². The van der Waals surface area contributed by atoms with Crippen LogP contribution in [-0.4, -0.2) is 61.5 Å². The molecule has 33 heavy (non-hydrogen) atoms. The maximum absolute atomic E-state index is 12.4. The molecule has 0 amide bonds. The zero-order valence-corrected chi connectivity index (χ0v) is 20.2.